The van der Waals surface area contributed by atoms with Gasteiger partial charge in [-0.1, -0.05) is 59.8 Å². The van der Waals surface area contributed by atoms with E-state index in [9.17, 15) is 9.90 Å². The number of hydrogen-bond acceptors (Lipinski definition) is 2. The molecular formula is C14H11O2Si. The monoisotopic (exact) mass is 239 g/mol. The Morgan fingerprint density at radius 1 is 1.00 bits per heavy atom. The zero-order chi connectivity index (χ0) is 12.3. The van der Waals surface area contributed by atoms with Crippen LogP contribution in [0.3, 0.4) is 0 Å². The standard InChI is InChI=1S/C14H11O2Si/c15-13(10-6-2-1-3-7-10)14(16)11-8-4-5-9-12(11)17/h1-9,13,15H. The number of carbonyl (C=O) groups is 1. The minimum absolute atomic E-state index is 0.304. The summed E-state index contributed by atoms with van der Waals surface area (Å²) in [7, 11) is 3.36. The average Bonchev–Trinajstić information content (AvgIpc) is 2.39. The van der Waals surface area contributed by atoms with E-state index in [1.54, 1.807) is 42.5 Å². The first-order valence-corrected chi connectivity index (χ1v) is 5.78. The Morgan fingerprint density at radius 2 is 1.59 bits per heavy atom. The maximum atomic E-state index is 12.1. The predicted molar refractivity (Wildman–Crippen MR) is 67.6 cm³/mol. The minimum Gasteiger partial charge on any atom is -0.380 e. The van der Waals surface area contributed by atoms with Crippen molar-refractivity contribution in [3.05, 3.63) is 65.7 Å². The summed E-state index contributed by atoms with van der Waals surface area (Å²) < 4.78 is 0. The summed E-state index contributed by atoms with van der Waals surface area (Å²) in [4.78, 5) is 12.1. The number of rotatable bonds is 3. The van der Waals surface area contributed by atoms with Crippen molar-refractivity contribution in [2.75, 3.05) is 0 Å². The molecule has 2 rings (SSSR count). The maximum absolute atomic E-state index is 12.1. The highest BCUT2D eigenvalue weighted by molar-refractivity contribution is 6.36. The van der Waals surface area contributed by atoms with E-state index < -0.39 is 6.10 Å². The molecule has 0 bridgehead atoms. The van der Waals surface area contributed by atoms with Gasteiger partial charge in [-0.25, -0.2) is 0 Å². The fourth-order valence-corrected chi connectivity index (χ4v) is 1.93. The molecule has 2 aromatic rings. The molecule has 0 saturated carbocycles. The van der Waals surface area contributed by atoms with E-state index in [4.69, 9.17) is 0 Å². The number of aliphatic hydroxyl groups is 1. The van der Waals surface area contributed by atoms with Gasteiger partial charge in [0.25, 0.3) is 0 Å². The van der Waals surface area contributed by atoms with Gasteiger partial charge in [0, 0.05) is 5.56 Å². The second-order valence-corrected chi connectivity index (χ2v) is 4.26. The second-order valence-electron chi connectivity index (χ2n) is 3.72. The molecule has 0 saturated heterocycles. The topological polar surface area (TPSA) is 37.3 Å². The zero-order valence-electron chi connectivity index (χ0n) is 9.13. The lowest BCUT2D eigenvalue weighted by Gasteiger charge is -2.11. The summed E-state index contributed by atoms with van der Waals surface area (Å²) in [6.45, 7) is 0. The van der Waals surface area contributed by atoms with Crippen molar-refractivity contribution in [1.82, 2.24) is 0 Å². The molecule has 0 aliphatic heterocycles. The van der Waals surface area contributed by atoms with E-state index in [1.165, 1.54) is 0 Å². The third-order valence-electron chi connectivity index (χ3n) is 2.56. The summed E-state index contributed by atoms with van der Waals surface area (Å²) in [5.41, 5.74) is 1.09. The zero-order valence-corrected chi connectivity index (χ0v) is 10.1. The third kappa shape index (κ3) is 2.51. The molecule has 83 valence electrons. The van der Waals surface area contributed by atoms with Crippen LogP contribution in [-0.2, 0) is 0 Å². The van der Waals surface area contributed by atoms with Crippen molar-refractivity contribution in [3.63, 3.8) is 0 Å². The highest BCUT2D eigenvalue weighted by atomic mass is 28.1. The number of Topliss-reactive ketones (excluding diaryl/α,β-unsaturated/α-hetero) is 1. The third-order valence-corrected chi connectivity index (χ3v) is 2.99. The first-order chi connectivity index (χ1) is 8.20. The highest BCUT2D eigenvalue weighted by Crippen LogP contribution is 2.16. The van der Waals surface area contributed by atoms with Gasteiger partial charge in [0.1, 0.15) is 6.10 Å². The molecule has 0 aliphatic rings. The van der Waals surface area contributed by atoms with Gasteiger partial charge in [-0.3, -0.25) is 4.79 Å². The Kier molecular flexibility index (Phi) is 3.51. The SMILES string of the molecule is O=C(c1ccccc1[Si])C(O)c1ccccc1. The number of benzene rings is 2. The summed E-state index contributed by atoms with van der Waals surface area (Å²) in [6.07, 6.45) is -1.12. The molecule has 0 amide bonds. The average molecular weight is 239 g/mol. The fraction of sp³-hybridized carbons (Fsp3) is 0.0714. The van der Waals surface area contributed by atoms with Crippen LogP contribution in [0.4, 0.5) is 0 Å². The van der Waals surface area contributed by atoms with Gasteiger partial charge in [0.15, 0.2) is 5.78 Å². The van der Waals surface area contributed by atoms with Gasteiger partial charge in [0.05, 0.1) is 10.2 Å². The van der Waals surface area contributed by atoms with Gasteiger partial charge < -0.3 is 5.11 Å². The van der Waals surface area contributed by atoms with Crippen LogP contribution in [0.15, 0.2) is 54.6 Å². The molecular weight excluding hydrogens is 228 g/mol. The van der Waals surface area contributed by atoms with Gasteiger partial charge in [-0.05, 0) is 5.56 Å². The Labute approximate surface area is 103 Å². The molecule has 1 atom stereocenters. The lowest BCUT2D eigenvalue weighted by Crippen LogP contribution is -2.21. The Hall–Kier alpha value is -1.71. The van der Waals surface area contributed by atoms with E-state index in [1.807, 2.05) is 12.1 Å². The Bertz CT molecular complexity index is 523. The molecule has 0 spiro atoms. The van der Waals surface area contributed by atoms with Crippen molar-refractivity contribution < 1.29 is 9.90 Å². The first kappa shape index (κ1) is 11.8. The molecule has 0 heterocycles. The second kappa shape index (κ2) is 5.08. The quantitative estimate of drug-likeness (QED) is 0.649. The van der Waals surface area contributed by atoms with Crippen LogP contribution in [0.2, 0.25) is 0 Å². The molecule has 2 nitrogen and oxygen atoms in total. The van der Waals surface area contributed by atoms with Crippen LogP contribution in [0, 0.1) is 0 Å². The molecule has 0 aromatic heterocycles. The minimum atomic E-state index is -1.12. The molecule has 3 heteroatoms. The summed E-state index contributed by atoms with van der Waals surface area (Å²) in [6, 6.07) is 16.0. The predicted octanol–water partition coefficient (Wildman–Crippen LogP) is 1.40. The van der Waals surface area contributed by atoms with Gasteiger partial charge in [-0.15, -0.1) is 0 Å². The van der Waals surface area contributed by atoms with Crippen LogP contribution >= 0.6 is 0 Å². The lowest BCUT2D eigenvalue weighted by molar-refractivity contribution is 0.0749. The van der Waals surface area contributed by atoms with Crippen molar-refractivity contribution in [2.24, 2.45) is 0 Å². The first-order valence-electron chi connectivity index (χ1n) is 5.28. The van der Waals surface area contributed by atoms with E-state index in [0.29, 0.717) is 16.3 Å². The summed E-state index contributed by atoms with van der Waals surface area (Å²) in [5, 5.41) is 10.7. The Balaban J connectivity index is 2.30. The maximum Gasteiger partial charge on any atom is 0.195 e. The molecule has 0 fully saturated rings. The number of aliphatic hydroxyl groups excluding tert-OH is 1. The molecule has 3 radical (unpaired) electrons. The Morgan fingerprint density at radius 3 is 2.24 bits per heavy atom. The van der Waals surface area contributed by atoms with Gasteiger partial charge >= 0.3 is 0 Å². The van der Waals surface area contributed by atoms with E-state index in [2.05, 4.69) is 10.2 Å². The largest absolute Gasteiger partial charge is 0.380 e. The van der Waals surface area contributed by atoms with Crippen LogP contribution < -0.4 is 5.19 Å². The molecule has 0 aliphatic carbocycles. The number of hydrogen-bond donors (Lipinski definition) is 1. The molecule has 17 heavy (non-hydrogen) atoms. The van der Waals surface area contributed by atoms with Crippen LogP contribution in [0.25, 0.3) is 0 Å². The summed E-state index contributed by atoms with van der Waals surface area (Å²) in [5.74, 6) is -0.304. The van der Waals surface area contributed by atoms with Crippen molar-refractivity contribution in [3.8, 4) is 0 Å². The summed E-state index contributed by atoms with van der Waals surface area (Å²) >= 11 is 0. The van der Waals surface area contributed by atoms with E-state index in [-0.39, 0.29) is 5.78 Å². The van der Waals surface area contributed by atoms with Gasteiger partial charge in [0.2, 0.25) is 0 Å². The lowest BCUT2D eigenvalue weighted by atomic mass is 10.00. The van der Waals surface area contributed by atoms with Gasteiger partial charge in [-0.2, -0.15) is 0 Å². The van der Waals surface area contributed by atoms with Crippen molar-refractivity contribution in [1.29, 1.82) is 0 Å². The van der Waals surface area contributed by atoms with E-state index >= 15 is 0 Å². The van der Waals surface area contributed by atoms with Crippen LogP contribution in [0.1, 0.15) is 22.0 Å². The number of carbonyl (C=O) groups excluding carboxylic acids is 1. The van der Waals surface area contributed by atoms with Crippen molar-refractivity contribution in [2.45, 2.75) is 6.10 Å². The van der Waals surface area contributed by atoms with Crippen LogP contribution in [-0.4, -0.2) is 21.1 Å². The highest BCUT2D eigenvalue weighted by Gasteiger charge is 2.19. The number of ketones is 1. The van der Waals surface area contributed by atoms with Crippen LogP contribution in [0.5, 0.6) is 0 Å². The smallest absolute Gasteiger partial charge is 0.195 e. The molecule has 1 N–H and O–H groups in total. The van der Waals surface area contributed by atoms with E-state index in [0.717, 1.165) is 0 Å². The molecule has 2 aromatic carbocycles. The molecule has 1 unspecified atom stereocenters. The fourth-order valence-electron chi connectivity index (χ4n) is 1.63. The normalized spacial score (nSPS) is 12.1. The van der Waals surface area contributed by atoms with Crippen molar-refractivity contribution >= 4 is 21.2 Å².